The summed E-state index contributed by atoms with van der Waals surface area (Å²) in [5.41, 5.74) is 5.49. The fourth-order valence-corrected chi connectivity index (χ4v) is 3.18. The molecule has 2 unspecified atom stereocenters. The van der Waals surface area contributed by atoms with E-state index in [9.17, 15) is 0 Å². The third-order valence-corrected chi connectivity index (χ3v) is 4.92. The number of nitrogens with one attached hydrogen (secondary N) is 1. The average molecular weight is 267 g/mol. The number of amidine groups is 1. The Hall–Kier alpha value is -0.570. The molecule has 19 heavy (non-hydrogen) atoms. The van der Waals surface area contributed by atoms with Gasteiger partial charge in [-0.15, -0.1) is 0 Å². The first kappa shape index (κ1) is 16.5. The van der Waals surface area contributed by atoms with Crippen molar-refractivity contribution >= 4 is 5.84 Å². The molecule has 3 heteroatoms. The van der Waals surface area contributed by atoms with Crippen molar-refractivity contribution in [3.63, 3.8) is 0 Å². The maximum Gasteiger partial charge on any atom is 0.0963 e. The van der Waals surface area contributed by atoms with Gasteiger partial charge < -0.3 is 10.6 Å². The molecule has 0 amide bonds. The van der Waals surface area contributed by atoms with E-state index in [0.29, 0.717) is 5.84 Å². The van der Waals surface area contributed by atoms with Crippen molar-refractivity contribution in [2.24, 2.45) is 17.1 Å². The van der Waals surface area contributed by atoms with Crippen molar-refractivity contribution < 1.29 is 0 Å². The predicted molar refractivity (Wildman–Crippen MR) is 83.6 cm³/mol. The molecule has 3 nitrogen and oxygen atoms in total. The van der Waals surface area contributed by atoms with Crippen LogP contribution in [0.1, 0.15) is 65.7 Å². The van der Waals surface area contributed by atoms with E-state index in [1.54, 1.807) is 0 Å². The van der Waals surface area contributed by atoms with Crippen LogP contribution in [0.15, 0.2) is 0 Å². The van der Waals surface area contributed by atoms with Crippen LogP contribution in [0.4, 0.5) is 0 Å². The van der Waals surface area contributed by atoms with Crippen LogP contribution in [0, 0.1) is 16.7 Å². The number of rotatable bonds is 7. The summed E-state index contributed by atoms with van der Waals surface area (Å²) in [5.74, 6) is 1.18. The molecule has 0 aliphatic heterocycles. The van der Waals surface area contributed by atoms with Crippen LogP contribution in [0.2, 0.25) is 0 Å². The second-order valence-corrected chi connectivity index (χ2v) is 7.06. The predicted octanol–water partition coefficient (Wildman–Crippen LogP) is 3.63. The molecule has 1 rings (SSSR count). The van der Waals surface area contributed by atoms with Crippen LogP contribution in [0.25, 0.3) is 0 Å². The Morgan fingerprint density at radius 3 is 2.47 bits per heavy atom. The first-order valence-electron chi connectivity index (χ1n) is 7.89. The third kappa shape index (κ3) is 5.13. The summed E-state index contributed by atoms with van der Waals surface area (Å²) in [4.78, 5) is 2.56. The molecule has 2 atom stereocenters. The molecular weight excluding hydrogens is 234 g/mol. The van der Waals surface area contributed by atoms with Gasteiger partial charge in [-0.2, -0.15) is 0 Å². The van der Waals surface area contributed by atoms with Crippen molar-refractivity contribution in [1.82, 2.24) is 4.90 Å². The lowest BCUT2D eigenvalue weighted by Crippen LogP contribution is -2.39. The minimum absolute atomic E-state index is 0.128. The zero-order valence-electron chi connectivity index (χ0n) is 13.3. The standard InChI is InChI=1S/C16H33N3/c1-13-9-5-6-10-14(13)19(4)12-8-7-11-16(2,3)15(17)18/h13-14H,5-12H2,1-4H3,(H3,17,18). The Morgan fingerprint density at radius 2 is 1.89 bits per heavy atom. The topological polar surface area (TPSA) is 53.1 Å². The fraction of sp³-hybridized carbons (Fsp3) is 0.938. The van der Waals surface area contributed by atoms with Gasteiger partial charge in [0, 0.05) is 11.5 Å². The Kier molecular flexibility index (Phi) is 6.31. The average Bonchev–Trinajstić information content (AvgIpc) is 2.34. The van der Waals surface area contributed by atoms with E-state index in [2.05, 4.69) is 32.7 Å². The smallest absolute Gasteiger partial charge is 0.0963 e. The van der Waals surface area contributed by atoms with Crippen molar-refractivity contribution in [2.45, 2.75) is 71.8 Å². The minimum atomic E-state index is -0.128. The van der Waals surface area contributed by atoms with Gasteiger partial charge in [-0.25, -0.2) is 0 Å². The van der Waals surface area contributed by atoms with Gasteiger partial charge in [0.2, 0.25) is 0 Å². The number of hydrogen-bond donors (Lipinski definition) is 2. The maximum atomic E-state index is 7.57. The SMILES string of the molecule is CC1CCCCC1N(C)CCCCC(C)(C)C(=N)N. The summed E-state index contributed by atoms with van der Waals surface area (Å²) in [6.07, 6.45) is 8.99. The zero-order chi connectivity index (χ0) is 14.5. The highest BCUT2D eigenvalue weighted by Gasteiger charge is 2.25. The number of nitrogens with zero attached hydrogens (tertiary/aromatic N) is 1. The van der Waals surface area contributed by atoms with E-state index in [-0.39, 0.29) is 5.41 Å². The molecule has 0 saturated heterocycles. The Labute approximate surface area is 119 Å². The summed E-state index contributed by atoms with van der Waals surface area (Å²) in [6, 6.07) is 0.787. The third-order valence-electron chi connectivity index (χ3n) is 4.92. The second-order valence-electron chi connectivity index (χ2n) is 7.06. The largest absolute Gasteiger partial charge is 0.387 e. The summed E-state index contributed by atoms with van der Waals surface area (Å²) in [6.45, 7) is 7.73. The summed E-state index contributed by atoms with van der Waals surface area (Å²) >= 11 is 0. The molecule has 112 valence electrons. The highest BCUT2D eigenvalue weighted by molar-refractivity contribution is 5.82. The van der Waals surface area contributed by atoms with Gasteiger partial charge in [0.15, 0.2) is 0 Å². The Morgan fingerprint density at radius 1 is 1.26 bits per heavy atom. The minimum Gasteiger partial charge on any atom is -0.387 e. The van der Waals surface area contributed by atoms with Crippen LogP contribution in [0.3, 0.4) is 0 Å². The fourth-order valence-electron chi connectivity index (χ4n) is 3.18. The first-order valence-corrected chi connectivity index (χ1v) is 7.89. The summed E-state index contributed by atoms with van der Waals surface area (Å²) < 4.78 is 0. The summed E-state index contributed by atoms with van der Waals surface area (Å²) in [5, 5.41) is 7.57. The van der Waals surface area contributed by atoms with Gasteiger partial charge in [-0.1, -0.05) is 40.0 Å². The van der Waals surface area contributed by atoms with E-state index < -0.39 is 0 Å². The van der Waals surface area contributed by atoms with E-state index in [4.69, 9.17) is 11.1 Å². The van der Waals surface area contributed by atoms with Gasteiger partial charge in [0.1, 0.15) is 0 Å². The van der Waals surface area contributed by atoms with Crippen LogP contribution in [0.5, 0.6) is 0 Å². The van der Waals surface area contributed by atoms with Crippen LogP contribution < -0.4 is 5.73 Å². The lowest BCUT2D eigenvalue weighted by atomic mass is 9.84. The molecule has 0 heterocycles. The molecule has 0 spiro atoms. The van der Waals surface area contributed by atoms with Crippen LogP contribution in [-0.4, -0.2) is 30.4 Å². The van der Waals surface area contributed by atoms with E-state index in [0.717, 1.165) is 24.8 Å². The molecule has 0 aromatic heterocycles. The molecule has 1 aliphatic carbocycles. The molecule has 3 N–H and O–H groups in total. The highest BCUT2D eigenvalue weighted by atomic mass is 15.1. The molecule has 0 aromatic rings. The van der Waals surface area contributed by atoms with Crippen molar-refractivity contribution in [3.8, 4) is 0 Å². The first-order chi connectivity index (χ1) is 8.84. The van der Waals surface area contributed by atoms with E-state index >= 15 is 0 Å². The maximum absolute atomic E-state index is 7.57. The zero-order valence-corrected chi connectivity index (χ0v) is 13.3. The quantitative estimate of drug-likeness (QED) is 0.420. The molecular formula is C16H33N3. The summed E-state index contributed by atoms with van der Waals surface area (Å²) in [7, 11) is 2.28. The van der Waals surface area contributed by atoms with Crippen LogP contribution >= 0.6 is 0 Å². The van der Waals surface area contributed by atoms with Gasteiger partial charge in [0.05, 0.1) is 5.84 Å². The lowest BCUT2D eigenvalue weighted by Gasteiger charge is -2.36. The number of hydrogen-bond acceptors (Lipinski definition) is 2. The molecule has 0 aromatic carbocycles. The Balaban J connectivity index is 2.23. The molecule has 0 radical (unpaired) electrons. The van der Waals surface area contributed by atoms with E-state index in [1.165, 1.54) is 38.6 Å². The van der Waals surface area contributed by atoms with Crippen molar-refractivity contribution in [1.29, 1.82) is 5.41 Å². The number of unbranched alkanes of at least 4 members (excludes halogenated alkanes) is 1. The number of nitrogens with two attached hydrogens (primary N) is 1. The van der Waals surface area contributed by atoms with Gasteiger partial charge in [-0.3, -0.25) is 5.41 Å². The Bertz CT molecular complexity index is 286. The van der Waals surface area contributed by atoms with Gasteiger partial charge in [0.25, 0.3) is 0 Å². The normalized spacial score (nSPS) is 24.7. The van der Waals surface area contributed by atoms with E-state index in [1.807, 2.05) is 0 Å². The highest BCUT2D eigenvalue weighted by Crippen LogP contribution is 2.28. The molecule has 1 fully saturated rings. The molecule has 1 saturated carbocycles. The molecule has 0 bridgehead atoms. The van der Waals surface area contributed by atoms with Crippen molar-refractivity contribution in [2.75, 3.05) is 13.6 Å². The van der Waals surface area contributed by atoms with Gasteiger partial charge >= 0.3 is 0 Å². The van der Waals surface area contributed by atoms with Crippen molar-refractivity contribution in [3.05, 3.63) is 0 Å². The second kappa shape index (κ2) is 7.28. The van der Waals surface area contributed by atoms with Gasteiger partial charge in [-0.05, 0) is 45.2 Å². The molecule has 1 aliphatic rings. The van der Waals surface area contributed by atoms with Crippen LogP contribution in [-0.2, 0) is 0 Å². The monoisotopic (exact) mass is 267 g/mol. The lowest BCUT2D eigenvalue weighted by molar-refractivity contribution is 0.136.